The Kier molecular flexibility index (Phi) is 5.53. The molecular weight excluding hydrogens is 316 g/mol. The Morgan fingerprint density at radius 1 is 1.24 bits per heavy atom. The quantitative estimate of drug-likeness (QED) is 0.801. The standard InChI is InChI=1S/C20H24N2O3/c1-24-18-8-7-16(10-19(18)25-2)17(15-5-6-15)11-20(23)22-13-14-4-3-9-21-12-14/h3-4,7-10,12,15,17H,5-6,11,13H2,1-2H3,(H,22,23). The Labute approximate surface area is 148 Å². The van der Waals surface area contributed by atoms with E-state index in [2.05, 4.69) is 10.3 Å². The normalized spacial score (nSPS) is 14.6. The minimum atomic E-state index is 0.0653. The van der Waals surface area contributed by atoms with Gasteiger partial charge in [-0.1, -0.05) is 12.1 Å². The maximum Gasteiger partial charge on any atom is 0.220 e. The lowest BCUT2D eigenvalue weighted by Crippen LogP contribution is -2.25. The molecule has 1 atom stereocenters. The van der Waals surface area contributed by atoms with Gasteiger partial charge in [0.1, 0.15) is 0 Å². The van der Waals surface area contributed by atoms with Crippen molar-refractivity contribution < 1.29 is 14.3 Å². The van der Waals surface area contributed by atoms with E-state index in [1.165, 1.54) is 12.8 Å². The van der Waals surface area contributed by atoms with E-state index in [4.69, 9.17) is 9.47 Å². The summed E-state index contributed by atoms with van der Waals surface area (Å²) in [6, 6.07) is 9.78. The Morgan fingerprint density at radius 2 is 2.04 bits per heavy atom. The second-order valence-corrected chi connectivity index (χ2v) is 6.40. The minimum Gasteiger partial charge on any atom is -0.493 e. The zero-order valence-corrected chi connectivity index (χ0v) is 14.7. The monoisotopic (exact) mass is 340 g/mol. The van der Waals surface area contributed by atoms with E-state index < -0.39 is 0 Å². The fraction of sp³-hybridized carbons (Fsp3) is 0.400. The molecule has 1 aromatic carbocycles. The van der Waals surface area contributed by atoms with E-state index in [1.807, 2.05) is 30.3 Å². The van der Waals surface area contributed by atoms with Gasteiger partial charge in [-0.05, 0) is 54.0 Å². The van der Waals surface area contributed by atoms with Crippen LogP contribution < -0.4 is 14.8 Å². The van der Waals surface area contributed by atoms with E-state index in [-0.39, 0.29) is 11.8 Å². The molecule has 25 heavy (non-hydrogen) atoms. The maximum atomic E-state index is 12.4. The van der Waals surface area contributed by atoms with Crippen molar-refractivity contribution in [2.24, 2.45) is 5.92 Å². The van der Waals surface area contributed by atoms with Gasteiger partial charge in [-0.2, -0.15) is 0 Å². The van der Waals surface area contributed by atoms with Gasteiger partial charge in [0.2, 0.25) is 5.91 Å². The van der Waals surface area contributed by atoms with Crippen molar-refractivity contribution in [3.63, 3.8) is 0 Å². The summed E-state index contributed by atoms with van der Waals surface area (Å²) in [5.41, 5.74) is 2.14. The summed E-state index contributed by atoms with van der Waals surface area (Å²) in [6.45, 7) is 0.510. The van der Waals surface area contributed by atoms with E-state index in [0.29, 0.717) is 30.4 Å². The summed E-state index contributed by atoms with van der Waals surface area (Å²) >= 11 is 0. The SMILES string of the molecule is COc1ccc(C(CC(=O)NCc2cccnc2)C2CC2)cc1OC. The van der Waals surface area contributed by atoms with Gasteiger partial charge >= 0.3 is 0 Å². The van der Waals surface area contributed by atoms with Crippen LogP contribution >= 0.6 is 0 Å². The summed E-state index contributed by atoms with van der Waals surface area (Å²) in [5.74, 6) is 2.27. The van der Waals surface area contributed by atoms with E-state index in [0.717, 1.165) is 11.1 Å². The predicted molar refractivity (Wildman–Crippen MR) is 95.7 cm³/mol. The van der Waals surface area contributed by atoms with Crippen molar-refractivity contribution in [3.05, 3.63) is 53.9 Å². The number of hydrogen-bond donors (Lipinski definition) is 1. The van der Waals surface area contributed by atoms with Gasteiger partial charge in [-0.15, -0.1) is 0 Å². The van der Waals surface area contributed by atoms with Crippen molar-refractivity contribution in [3.8, 4) is 11.5 Å². The van der Waals surface area contributed by atoms with Crippen molar-refractivity contribution in [1.29, 1.82) is 0 Å². The van der Waals surface area contributed by atoms with E-state index in [1.54, 1.807) is 26.6 Å². The molecule has 1 amide bonds. The molecule has 0 saturated heterocycles. The summed E-state index contributed by atoms with van der Waals surface area (Å²) in [4.78, 5) is 16.5. The van der Waals surface area contributed by atoms with Crippen molar-refractivity contribution in [1.82, 2.24) is 10.3 Å². The van der Waals surface area contributed by atoms with Crippen LogP contribution in [0.5, 0.6) is 11.5 Å². The molecule has 0 radical (unpaired) electrons. The lowest BCUT2D eigenvalue weighted by Gasteiger charge is -2.18. The number of ether oxygens (including phenoxy) is 2. The molecular formula is C20H24N2O3. The zero-order valence-electron chi connectivity index (χ0n) is 14.7. The number of carbonyl (C=O) groups excluding carboxylic acids is 1. The molecule has 1 N–H and O–H groups in total. The third-order valence-corrected chi connectivity index (χ3v) is 4.64. The number of pyridine rings is 1. The van der Waals surface area contributed by atoms with Crippen LogP contribution in [0.1, 0.15) is 36.3 Å². The average Bonchev–Trinajstić information content (AvgIpc) is 3.49. The first-order valence-corrected chi connectivity index (χ1v) is 8.58. The highest BCUT2D eigenvalue weighted by atomic mass is 16.5. The molecule has 1 aromatic heterocycles. The van der Waals surface area contributed by atoms with Gasteiger partial charge in [0.15, 0.2) is 11.5 Å². The molecule has 1 unspecified atom stereocenters. The Hall–Kier alpha value is -2.56. The number of hydrogen-bond acceptors (Lipinski definition) is 4. The molecule has 5 nitrogen and oxygen atoms in total. The number of aromatic nitrogens is 1. The van der Waals surface area contributed by atoms with Crippen LogP contribution in [0.25, 0.3) is 0 Å². The van der Waals surface area contributed by atoms with Crippen LogP contribution in [0, 0.1) is 5.92 Å². The first-order chi connectivity index (χ1) is 12.2. The van der Waals surface area contributed by atoms with Crippen molar-refractivity contribution in [2.75, 3.05) is 14.2 Å². The van der Waals surface area contributed by atoms with Gasteiger partial charge in [0.05, 0.1) is 14.2 Å². The number of carbonyl (C=O) groups is 1. The molecule has 1 aliphatic carbocycles. The molecule has 1 aliphatic rings. The molecule has 5 heteroatoms. The molecule has 0 spiro atoms. The van der Waals surface area contributed by atoms with Crippen LogP contribution in [-0.2, 0) is 11.3 Å². The number of methoxy groups -OCH3 is 2. The number of amides is 1. The fourth-order valence-corrected chi connectivity index (χ4v) is 3.11. The highest BCUT2D eigenvalue weighted by Gasteiger charge is 2.34. The second kappa shape index (κ2) is 8.01. The molecule has 2 aromatic rings. The van der Waals surface area contributed by atoms with E-state index in [9.17, 15) is 4.79 Å². The Balaban J connectivity index is 1.66. The van der Waals surface area contributed by atoms with Crippen LogP contribution in [-0.4, -0.2) is 25.1 Å². The Bertz CT molecular complexity index is 714. The maximum absolute atomic E-state index is 12.4. The molecule has 0 aliphatic heterocycles. The molecule has 132 valence electrons. The second-order valence-electron chi connectivity index (χ2n) is 6.40. The van der Waals surface area contributed by atoms with Gasteiger partial charge in [0, 0.05) is 25.4 Å². The highest BCUT2D eigenvalue weighted by Crippen LogP contribution is 2.46. The van der Waals surface area contributed by atoms with Gasteiger partial charge in [0.25, 0.3) is 0 Å². The summed E-state index contributed by atoms with van der Waals surface area (Å²) in [7, 11) is 3.26. The minimum absolute atomic E-state index is 0.0653. The molecule has 1 heterocycles. The van der Waals surface area contributed by atoms with Gasteiger partial charge < -0.3 is 14.8 Å². The predicted octanol–water partition coefficient (Wildman–Crippen LogP) is 3.30. The third kappa shape index (κ3) is 4.50. The van der Waals surface area contributed by atoms with Gasteiger partial charge in [-0.25, -0.2) is 0 Å². The summed E-state index contributed by atoms with van der Waals surface area (Å²) in [6.07, 6.45) is 6.34. The molecule has 1 saturated carbocycles. The first-order valence-electron chi connectivity index (χ1n) is 8.58. The molecule has 0 bridgehead atoms. The topological polar surface area (TPSA) is 60.5 Å². The van der Waals surface area contributed by atoms with Crippen LogP contribution in [0.4, 0.5) is 0 Å². The number of nitrogens with zero attached hydrogens (tertiary/aromatic N) is 1. The van der Waals surface area contributed by atoms with Crippen LogP contribution in [0.3, 0.4) is 0 Å². The van der Waals surface area contributed by atoms with E-state index >= 15 is 0 Å². The zero-order chi connectivity index (χ0) is 17.6. The summed E-state index contributed by atoms with van der Waals surface area (Å²) in [5, 5.41) is 3.00. The lowest BCUT2D eigenvalue weighted by atomic mass is 9.90. The van der Waals surface area contributed by atoms with Crippen LogP contribution in [0.2, 0.25) is 0 Å². The summed E-state index contributed by atoms with van der Waals surface area (Å²) < 4.78 is 10.7. The van der Waals surface area contributed by atoms with Crippen molar-refractivity contribution in [2.45, 2.75) is 31.7 Å². The smallest absolute Gasteiger partial charge is 0.220 e. The first kappa shape index (κ1) is 17.3. The highest BCUT2D eigenvalue weighted by molar-refractivity contribution is 5.77. The largest absolute Gasteiger partial charge is 0.493 e. The number of rotatable bonds is 8. The molecule has 1 fully saturated rings. The number of benzene rings is 1. The van der Waals surface area contributed by atoms with Gasteiger partial charge in [-0.3, -0.25) is 9.78 Å². The lowest BCUT2D eigenvalue weighted by molar-refractivity contribution is -0.121. The third-order valence-electron chi connectivity index (χ3n) is 4.64. The fourth-order valence-electron chi connectivity index (χ4n) is 3.11. The average molecular weight is 340 g/mol. The van der Waals surface area contributed by atoms with Crippen molar-refractivity contribution >= 4 is 5.91 Å². The van der Waals surface area contributed by atoms with Crippen LogP contribution in [0.15, 0.2) is 42.7 Å². The number of nitrogens with one attached hydrogen (secondary N) is 1. The molecule has 3 rings (SSSR count). The Morgan fingerprint density at radius 3 is 2.68 bits per heavy atom.